The van der Waals surface area contributed by atoms with Crippen molar-refractivity contribution >= 4 is 23.2 Å². The van der Waals surface area contributed by atoms with E-state index in [9.17, 15) is 18.0 Å². The van der Waals surface area contributed by atoms with Crippen molar-refractivity contribution in [3.8, 4) is 0 Å². The number of benzene rings is 1. The first kappa shape index (κ1) is 15.6. The van der Waals surface area contributed by atoms with E-state index < -0.39 is 12.0 Å². The third-order valence-corrected chi connectivity index (χ3v) is 3.28. The monoisotopic (exact) mass is 289 g/mol. The number of allylic oxidation sites excluding steroid dienone is 1. The van der Waals surface area contributed by atoms with Gasteiger partial charge in [0.05, 0.1) is 0 Å². The van der Waals surface area contributed by atoms with Crippen LogP contribution in [-0.2, 0) is 4.79 Å². The number of halogens is 3. The molecule has 0 unspecified atom stereocenters. The van der Waals surface area contributed by atoms with E-state index in [0.29, 0.717) is 22.6 Å². The van der Waals surface area contributed by atoms with Gasteiger partial charge in [-0.3, -0.25) is 4.79 Å². The van der Waals surface area contributed by atoms with Crippen molar-refractivity contribution in [1.82, 2.24) is 0 Å². The number of thioether (sulfide) groups is 1. The summed E-state index contributed by atoms with van der Waals surface area (Å²) in [5.74, 6) is -1.58. The Morgan fingerprint density at radius 2 is 2.00 bits per heavy atom. The first-order chi connectivity index (χ1) is 8.71. The van der Waals surface area contributed by atoms with Crippen molar-refractivity contribution in [3.63, 3.8) is 0 Å². The Balaban J connectivity index is 2.80. The zero-order valence-corrected chi connectivity index (χ0v) is 11.3. The van der Waals surface area contributed by atoms with Gasteiger partial charge in [0.15, 0.2) is 0 Å². The molecule has 2 nitrogen and oxygen atoms in total. The number of carbonyl (C=O) groups excluding carboxylic acids is 1. The Labute approximate surface area is 113 Å². The van der Waals surface area contributed by atoms with Crippen LogP contribution in [-0.4, -0.2) is 12.0 Å². The summed E-state index contributed by atoms with van der Waals surface area (Å²) < 4.78 is 36.0. The van der Waals surface area contributed by atoms with Gasteiger partial charge in [0.25, 0.3) is 5.78 Å². The van der Waals surface area contributed by atoms with Crippen LogP contribution in [0.5, 0.6) is 0 Å². The van der Waals surface area contributed by atoms with E-state index >= 15 is 0 Å². The van der Waals surface area contributed by atoms with Crippen LogP contribution < -0.4 is 5.73 Å². The molecule has 0 amide bonds. The van der Waals surface area contributed by atoms with Crippen LogP contribution in [0.2, 0.25) is 0 Å². The van der Waals surface area contributed by atoms with Crippen LogP contribution in [0.1, 0.15) is 25.3 Å². The van der Waals surface area contributed by atoms with Gasteiger partial charge >= 0.3 is 6.18 Å². The SMILES string of the molecule is CC(C)c1ccc(N)c(S/C=C/C(=O)C(F)(F)F)c1. The zero-order valence-electron chi connectivity index (χ0n) is 10.5. The quantitative estimate of drug-likeness (QED) is 0.515. The minimum Gasteiger partial charge on any atom is -0.398 e. The Morgan fingerprint density at radius 1 is 1.37 bits per heavy atom. The summed E-state index contributed by atoms with van der Waals surface area (Å²) in [4.78, 5) is 11.3. The summed E-state index contributed by atoms with van der Waals surface area (Å²) >= 11 is 0.997. The van der Waals surface area contributed by atoms with Crippen LogP contribution in [0, 0.1) is 0 Å². The molecule has 0 saturated heterocycles. The smallest absolute Gasteiger partial charge is 0.398 e. The van der Waals surface area contributed by atoms with Gasteiger partial charge in [-0.25, -0.2) is 0 Å². The number of anilines is 1. The highest BCUT2D eigenvalue weighted by Crippen LogP contribution is 2.30. The molecule has 0 aliphatic rings. The normalized spacial score (nSPS) is 12.3. The number of rotatable bonds is 4. The first-order valence-corrected chi connectivity index (χ1v) is 6.43. The number of hydrogen-bond donors (Lipinski definition) is 1. The van der Waals surface area contributed by atoms with Crippen molar-refractivity contribution in [2.24, 2.45) is 0 Å². The molecule has 1 rings (SSSR count). The minimum absolute atomic E-state index is 0.292. The number of nitrogens with two attached hydrogens (primary N) is 1. The lowest BCUT2D eigenvalue weighted by molar-refractivity contribution is -0.165. The Kier molecular flexibility index (Phi) is 5.05. The van der Waals surface area contributed by atoms with Crippen LogP contribution in [0.15, 0.2) is 34.6 Å². The maximum atomic E-state index is 12.0. The van der Waals surface area contributed by atoms with Crippen molar-refractivity contribution < 1.29 is 18.0 Å². The lowest BCUT2D eigenvalue weighted by Crippen LogP contribution is -2.19. The second-order valence-electron chi connectivity index (χ2n) is 4.23. The molecule has 1 aromatic carbocycles. The van der Waals surface area contributed by atoms with Crippen LogP contribution in [0.3, 0.4) is 0 Å². The second-order valence-corrected chi connectivity index (χ2v) is 5.18. The lowest BCUT2D eigenvalue weighted by atomic mass is 10.0. The van der Waals surface area contributed by atoms with E-state index in [1.807, 2.05) is 26.0 Å². The highest BCUT2D eigenvalue weighted by molar-refractivity contribution is 8.02. The number of nitrogen functional groups attached to an aromatic ring is 1. The predicted octanol–water partition coefficient (Wildman–Crippen LogP) is 4.13. The number of alkyl halides is 3. The van der Waals surface area contributed by atoms with Gasteiger partial charge in [-0.05, 0) is 35.1 Å². The van der Waals surface area contributed by atoms with Crippen LogP contribution in [0.4, 0.5) is 18.9 Å². The zero-order chi connectivity index (χ0) is 14.6. The second kappa shape index (κ2) is 6.14. The molecule has 0 aliphatic carbocycles. The summed E-state index contributed by atoms with van der Waals surface area (Å²) in [5.41, 5.74) is 7.24. The Bertz CT molecular complexity index is 495. The largest absolute Gasteiger partial charge is 0.454 e. The molecule has 0 bridgehead atoms. The molecule has 0 saturated carbocycles. The fourth-order valence-corrected chi connectivity index (χ4v) is 2.02. The highest BCUT2D eigenvalue weighted by atomic mass is 32.2. The molecule has 0 heterocycles. The molecule has 0 aliphatic heterocycles. The van der Waals surface area contributed by atoms with Crippen molar-refractivity contribution in [2.45, 2.75) is 30.8 Å². The molecule has 0 fully saturated rings. The highest BCUT2D eigenvalue weighted by Gasteiger charge is 2.35. The van der Waals surface area contributed by atoms with E-state index in [-0.39, 0.29) is 0 Å². The van der Waals surface area contributed by atoms with Crippen molar-refractivity contribution in [1.29, 1.82) is 0 Å². The molecule has 0 spiro atoms. The van der Waals surface area contributed by atoms with E-state index in [2.05, 4.69) is 0 Å². The van der Waals surface area contributed by atoms with E-state index in [1.54, 1.807) is 6.07 Å². The predicted molar refractivity (Wildman–Crippen MR) is 71.0 cm³/mol. The summed E-state index contributed by atoms with van der Waals surface area (Å²) in [6, 6.07) is 5.39. The fourth-order valence-electron chi connectivity index (χ4n) is 1.28. The molecule has 0 atom stereocenters. The molecular weight excluding hydrogens is 275 g/mol. The maximum absolute atomic E-state index is 12.0. The first-order valence-electron chi connectivity index (χ1n) is 5.55. The molecule has 1 aromatic rings. The third kappa shape index (κ3) is 4.63. The standard InChI is InChI=1S/C13H14F3NOS/c1-8(2)9-3-4-10(17)11(7-9)19-6-5-12(18)13(14,15)16/h3-8H,17H2,1-2H3/b6-5+. The number of ketones is 1. The number of hydrogen-bond acceptors (Lipinski definition) is 3. The summed E-state index contributed by atoms with van der Waals surface area (Å²) in [7, 11) is 0. The van der Waals surface area contributed by atoms with Gasteiger partial charge in [0, 0.05) is 10.6 Å². The number of carbonyl (C=O) groups is 1. The third-order valence-electron chi connectivity index (χ3n) is 2.40. The maximum Gasteiger partial charge on any atom is 0.454 e. The fraction of sp³-hybridized carbons (Fsp3) is 0.308. The van der Waals surface area contributed by atoms with E-state index in [4.69, 9.17) is 5.73 Å². The molecule has 104 valence electrons. The van der Waals surface area contributed by atoms with Gasteiger partial charge in [-0.2, -0.15) is 13.2 Å². The summed E-state index contributed by atoms with van der Waals surface area (Å²) in [5, 5.41) is 1.10. The average molecular weight is 289 g/mol. The summed E-state index contributed by atoms with van der Waals surface area (Å²) in [6.45, 7) is 4.01. The molecule has 6 heteroatoms. The Morgan fingerprint density at radius 3 is 2.53 bits per heavy atom. The van der Waals surface area contributed by atoms with Crippen molar-refractivity contribution in [2.75, 3.05) is 5.73 Å². The summed E-state index contributed by atoms with van der Waals surface area (Å²) in [6.07, 6.45) is -4.32. The molecule has 0 aromatic heterocycles. The molecule has 0 radical (unpaired) electrons. The van der Waals surface area contributed by atoms with Gasteiger partial charge in [0.2, 0.25) is 0 Å². The minimum atomic E-state index is -4.83. The van der Waals surface area contributed by atoms with Gasteiger partial charge < -0.3 is 5.73 Å². The van der Waals surface area contributed by atoms with Crippen molar-refractivity contribution in [3.05, 3.63) is 35.2 Å². The van der Waals surface area contributed by atoms with Crippen LogP contribution in [0.25, 0.3) is 0 Å². The Hall–Kier alpha value is -1.43. The van der Waals surface area contributed by atoms with Gasteiger partial charge in [-0.15, -0.1) is 0 Å². The van der Waals surface area contributed by atoms with E-state index in [1.165, 1.54) is 0 Å². The van der Waals surface area contributed by atoms with Gasteiger partial charge in [-0.1, -0.05) is 31.7 Å². The lowest BCUT2D eigenvalue weighted by Gasteiger charge is -2.09. The van der Waals surface area contributed by atoms with Gasteiger partial charge in [0.1, 0.15) is 0 Å². The topological polar surface area (TPSA) is 43.1 Å². The molecule has 19 heavy (non-hydrogen) atoms. The van der Waals surface area contributed by atoms with Crippen LogP contribution >= 0.6 is 11.8 Å². The molecule has 2 N–H and O–H groups in total. The average Bonchev–Trinajstić information content (AvgIpc) is 2.29. The molecular formula is C13H14F3NOS. The van der Waals surface area contributed by atoms with E-state index in [0.717, 1.165) is 22.7 Å².